The van der Waals surface area contributed by atoms with Gasteiger partial charge in [-0.3, -0.25) is 4.79 Å². The summed E-state index contributed by atoms with van der Waals surface area (Å²) in [5.41, 5.74) is 1.79. The third-order valence-electron chi connectivity index (χ3n) is 5.23. The molecule has 2 aromatic carbocycles. The number of amides is 3. The summed E-state index contributed by atoms with van der Waals surface area (Å²) in [5.74, 6) is -0.0171. The molecule has 0 unspecified atom stereocenters. The minimum Gasteiger partial charge on any atom is -0.328 e. The molecule has 0 aromatic heterocycles. The zero-order valence-electron chi connectivity index (χ0n) is 16.9. The predicted octanol–water partition coefficient (Wildman–Crippen LogP) is 5.40. The van der Waals surface area contributed by atoms with Crippen molar-refractivity contribution in [3.8, 4) is 0 Å². The fourth-order valence-electron chi connectivity index (χ4n) is 3.83. The van der Waals surface area contributed by atoms with Gasteiger partial charge < -0.3 is 16.0 Å². The van der Waals surface area contributed by atoms with Crippen LogP contribution in [0.2, 0.25) is 0 Å². The number of hydrogen-bond acceptors (Lipinski definition) is 2. The highest BCUT2D eigenvalue weighted by Crippen LogP contribution is 2.38. The molecule has 0 aliphatic heterocycles. The van der Waals surface area contributed by atoms with Gasteiger partial charge in [0.15, 0.2) is 0 Å². The molecule has 0 heterocycles. The molecule has 29 heavy (non-hydrogen) atoms. The number of carbonyl (C=O) groups is 2. The topological polar surface area (TPSA) is 70.2 Å². The molecule has 0 spiro atoms. The molecular weight excluding hydrogens is 369 g/mol. The van der Waals surface area contributed by atoms with Crippen molar-refractivity contribution < 1.29 is 14.0 Å². The molecule has 2 aromatic rings. The van der Waals surface area contributed by atoms with Gasteiger partial charge in [-0.05, 0) is 60.7 Å². The molecule has 1 fully saturated rings. The Hall–Kier alpha value is -2.89. The second-order valence-electron chi connectivity index (χ2n) is 8.10. The summed E-state index contributed by atoms with van der Waals surface area (Å²) in [6.07, 6.45) is 4.15. The van der Waals surface area contributed by atoms with E-state index in [1.165, 1.54) is 12.1 Å². The highest BCUT2D eigenvalue weighted by molar-refractivity contribution is 5.92. The number of anilines is 2. The smallest absolute Gasteiger partial charge is 0.319 e. The van der Waals surface area contributed by atoms with Crippen LogP contribution in [-0.2, 0) is 10.3 Å². The van der Waals surface area contributed by atoms with Crippen LogP contribution in [0.15, 0.2) is 48.5 Å². The summed E-state index contributed by atoms with van der Waals surface area (Å²) in [6, 6.07) is 13.1. The molecule has 0 bridgehead atoms. The van der Waals surface area contributed by atoms with Crippen molar-refractivity contribution in [3.63, 3.8) is 0 Å². The van der Waals surface area contributed by atoms with E-state index in [0.29, 0.717) is 23.7 Å². The largest absolute Gasteiger partial charge is 0.328 e. The van der Waals surface area contributed by atoms with E-state index in [-0.39, 0.29) is 17.8 Å². The average molecular weight is 397 g/mol. The molecule has 0 atom stereocenters. The summed E-state index contributed by atoms with van der Waals surface area (Å²) in [7, 11) is 0. The molecule has 1 aliphatic carbocycles. The second-order valence-corrected chi connectivity index (χ2v) is 8.10. The van der Waals surface area contributed by atoms with Crippen LogP contribution in [0.4, 0.5) is 20.6 Å². The first-order valence-corrected chi connectivity index (χ1v) is 10.1. The lowest BCUT2D eigenvalue weighted by Gasteiger charge is -2.31. The van der Waals surface area contributed by atoms with Crippen molar-refractivity contribution in [2.45, 2.75) is 51.5 Å². The fraction of sp³-hybridized carbons (Fsp3) is 0.391. The first-order chi connectivity index (χ1) is 13.9. The maximum absolute atomic E-state index is 13.3. The van der Waals surface area contributed by atoms with E-state index in [1.807, 2.05) is 13.8 Å². The van der Waals surface area contributed by atoms with Gasteiger partial charge in [0.25, 0.3) is 0 Å². The van der Waals surface area contributed by atoms with E-state index in [0.717, 1.165) is 31.2 Å². The third kappa shape index (κ3) is 5.56. The van der Waals surface area contributed by atoms with Gasteiger partial charge in [-0.2, -0.15) is 0 Å². The lowest BCUT2D eigenvalue weighted by molar-refractivity contribution is -0.116. The number of rotatable bonds is 6. The van der Waals surface area contributed by atoms with Crippen molar-refractivity contribution in [1.29, 1.82) is 0 Å². The molecular formula is C23H28FN3O2. The average Bonchev–Trinajstić information content (AvgIpc) is 3.12. The highest BCUT2D eigenvalue weighted by Gasteiger charge is 2.37. The number of halogens is 1. The highest BCUT2D eigenvalue weighted by atomic mass is 19.1. The van der Waals surface area contributed by atoms with E-state index >= 15 is 0 Å². The predicted molar refractivity (Wildman–Crippen MR) is 113 cm³/mol. The molecule has 1 aliphatic rings. The molecule has 0 saturated heterocycles. The third-order valence-corrected chi connectivity index (χ3v) is 5.23. The van der Waals surface area contributed by atoms with E-state index in [9.17, 15) is 14.0 Å². The Bertz CT molecular complexity index is 841. The first-order valence-electron chi connectivity index (χ1n) is 10.1. The molecule has 3 amide bonds. The quantitative estimate of drug-likeness (QED) is 0.611. The Morgan fingerprint density at radius 1 is 0.931 bits per heavy atom. The molecule has 6 heteroatoms. The maximum atomic E-state index is 13.3. The van der Waals surface area contributed by atoms with E-state index < -0.39 is 5.54 Å². The van der Waals surface area contributed by atoms with Crippen LogP contribution < -0.4 is 16.0 Å². The normalized spacial score (nSPS) is 15.2. The van der Waals surface area contributed by atoms with Crippen molar-refractivity contribution in [2.75, 3.05) is 10.6 Å². The molecule has 3 rings (SSSR count). The number of urea groups is 1. The first kappa shape index (κ1) is 20.8. The lowest BCUT2D eigenvalue weighted by atomic mass is 9.88. The Labute approximate surface area is 171 Å². The summed E-state index contributed by atoms with van der Waals surface area (Å²) in [4.78, 5) is 24.5. The Kier molecular flexibility index (Phi) is 6.52. The molecule has 3 N–H and O–H groups in total. The van der Waals surface area contributed by atoms with Crippen molar-refractivity contribution in [1.82, 2.24) is 5.32 Å². The van der Waals surface area contributed by atoms with Crippen LogP contribution in [0.25, 0.3) is 0 Å². The van der Waals surface area contributed by atoms with E-state index in [2.05, 4.69) is 16.0 Å². The number of carbonyl (C=O) groups excluding carboxylic acids is 2. The van der Waals surface area contributed by atoms with Crippen LogP contribution >= 0.6 is 0 Å². The zero-order chi connectivity index (χ0) is 20.9. The van der Waals surface area contributed by atoms with Gasteiger partial charge in [0.1, 0.15) is 5.82 Å². The molecule has 1 saturated carbocycles. The standard InChI is InChI=1S/C23H28FN3O2/c1-16(2)15-21(28)25-19-9-11-20(12-10-19)26-22(29)27-23(13-3-4-14-23)17-5-7-18(24)8-6-17/h5-12,16H,3-4,13-15H2,1-2H3,(H,25,28)(H2,26,27,29). The van der Waals surface area contributed by atoms with Crippen molar-refractivity contribution >= 4 is 23.3 Å². The second kappa shape index (κ2) is 9.07. The SMILES string of the molecule is CC(C)CC(=O)Nc1ccc(NC(=O)NC2(c3ccc(F)cc3)CCCC2)cc1. The van der Waals surface area contributed by atoms with Gasteiger partial charge in [0, 0.05) is 17.8 Å². The molecule has 0 radical (unpaired) electrons. The minimum absolute atomic E-state index is 0.0269. The van der Waals surface area contributed by atoms with Gasteiger partial charge in [0.05, 0.1) is 5.54 Å². The number of hydrogen-bond donors (Lipinski definition) is 3. The summed E-state index contributed by atoms with van der Waals surface area (Å²) < 4.78 is 13.3. The van der Waals surface area contributed by atoms with Crippen molar-refractivity contribution in [2.24, 2.45) is 5.92 Å². The van der Waals surface area contributed by atoms with Crippen LogP contribution in [0.3, 0.4) is 0 Å². The van der Waals surface area contributed by atoms with Crippen molar-refractivity contribution in [3.05, 3.63) is 59.9 Å². The van der Waals surface area contributed by atoms with Gasteiger partial charge in [0.2, 0.25) is 5.91 Å². The van der Waals surface area contributed by atoms with E-state index in [1.54, 1.807) is 36.4 Å². The number of nitrogens with one attached hydrogen (secondary N) is 3. The van der Waals surface area contributed by atoms with Crippen LogP contribution in [-0.4, -0.2) is 11.9 Å². The maximum Gasteiger partial charge on any atom is 0.319 e. The zero-order valence-corrected chi connectivity index (χ0v) is 16.9. The molecule has 5 nitrogen and oxygen atoms in total. The lowest BCUT2D eigenvalue weighted by Crippen LogP contribution is -2.45. The van der Waals surface area contributed by atoms with Gasteiger partial charge >= 0.3 is 6.03 Å². The molecule has 154 valence electrons. The fourth-order valence-corrected chi connectivity index (χ4v) is 3.83. The van der Waals surface area contributed by atoms with Crippen LogP contribution in [0, 0.1) is 11.7 Å². The summed E-state index contributed by atoms with van der Waals surface area (Å²) in [5, 5.41) is 8.80. The van der Waals surface area contributed by atoms with Crippen LogP contribution in [0.5, 0.6) is 0 Å². The van der Waals surface area contributed by atoms with E-state index in [4.69, 9.17) is 0 Å². The van der Waals surface area contributed by atoms with Gasteiger partial charge in [-0.15, -0.1) is 0 Å². The summed E-state index contributed by atoms with van der Waals surface area (Å²) >= 11 is 0. The van der Waals surface area contributed by atoms with Gasteiger partial charge in [-0.25, -0.2) is 9.18 Å². The minimum atomic E-state index is -0.470. The van der Waals surface area contributed by atoms with Gasteiger partial charge in [-0.1, -0.05) is 38.8 Å². The van der Waals surface area contributed by atoms with Crippen LogP contribution in [0.1, 0.15) is 51.5 Å². The Morgan fingerprint density at radius 2 is 1.48 bits per heavy atom. The Balaban J connectivity index is 1.62. The number of benzene rings is 2. The monoisotopic (exact) mass is 397 g/mol. The summed E-state index contributed by atoms with van der Waals surface area (Å²) in [6.45, 7) is 3.99. The Morgan fingerprint density at radius 3 is 2.03 bits per heavy atom.